The summed E-state index contributed by atoms with van der Waals surface area (Å²) in [5, 5.41) is 0.407. The lowest BCUT2D eigenvalue weighted by atomic mass is 10.3. The number of aromatic nitrogens is 1. The quantitative estimate of drug-likeness (QED) is 0.796. The molecule has 1 heterocycles. The molecule has 0 aliphatic carbocycles. The van der Waals surface area contributed by atoms with E-state index in [1.807, 2.05) is 18.2 Å². The molecule has 1 aromatic carbocycles. The van der Waals surface area contributed by atoms with Crippen molar-refractivity contribution in [2.75, 3.05) is 6.61 Å². The number of rotatable bonds is 2. The largest absolute Gasteiger partial charge is 0.461 e. The zero-order valence-corrected chi connectivity index (χ0v) is 10.4. The standard InChI is InChI=1S/C10H8BrNO2S/c1-2-14-10(13)9-12-7-5-6(11)3-4-8(7)15-9/h3-5H,2H2,1H3. The highest BCUT2D eigenvalue weighted by Gasteiger charge is 2.12. The summed E-state index contributed by atoms with van der Waals surface area (Å²) in [7, 11) is 0. The van der Waals surface area contributed by atoms with Crippen LogP contribution in [0.2, 0.25) is 0 Å². The molecule has 0 N–H and O–H groups in total. The molecule has 0 spiro atoms. The Kier molecular flexibility index (Phi) is 3.02. The van der Waals surface area contributed by atoms with Gasteiger partial charge in [0, 0.05) is 4.47 Å². The lowest BCUT2D eigenvalue weighted by molar-refractivity contribution is 0.0526. The SMILES string of the molecule is CCOC(=O)c1nc2cc(Br)ccc2s1. The van der Waals surface area contributed by atoms with Crippen LogP contribution in [0.3, 0.4) is 0 Å². The third kappa shape index (κ3) is 2.18. The molecule has 78 valence electrons. The van der Waals surface area contributed by atoms with Gasteiger partial charge in [0.05, 0.1) is 16.8 Å². The number of halogens is 1. The lowest BCUT2D eigenvalue weighted by Gasteiger charge is -1.94. The molecule has 0 saturated carbocycles. The van der Waals surface area contributed by atoms with Crippen LogP contribution in [-0.4, -0.2) is 17.6 Å². The van der Waals surface area contributed by atoms with Gasteiger partial charge in [0.15, 0.2) is 0 Å². The first kappa shape index (κ1) is 10.6. The zero-order chi connectivity index (χ0) is 10.8. The van der Waals surface area contributed by atoms with Crippen LogP contribution < -0.4 is 0 Å². The molecule has 0 radical (unpaired) electrons. The first-order valence-corrected chi connectivity index (χ1v) is 6.05. The van der Waals surface area contributed by atoms with Crippen LogP contribution in [0.5, 0.6) is 0 Å². The van der Waals surface area contributed by atoms with Crippen molar-refractivity contribution in [3.8, 4) is 0 Å². The van der Waals surface area contributed by atoms with E-state index in [1.54, 1.807) is 6.92 Å². The van der Waals surface area contributed by atoms with Gasteiger partial charge in [-0.3, -0.25) is 0 Å². The van der Waals surface area contributed by atoms with Gasteiger partial charge in [0.2, 0.25) is 5.01 Å². The van der Waals surface area contributed by atoms with E-state index in [0.29, 0.717) is 11.6 Å². The average Bonchev–Trinajstić information content (AvgIpc) is 2.60. The van der Waals surface area contributed by atoms with E-state index in [-0.39, 0.29) is 5.97 Å². The number of thiazole rings is 1. The molecule has 0 unspecified atom stereocenters. The molecule has 3 nitrogen and oxygen atoms in total. The number of carbonyl (C=O) groups excluding carboxylic acids is 1. The number of hydrogen-bond donors (Lipinski definition) is 0. The molecule has 0 atom stereocenters. The first-order valence-electron chi connectivity index (χ1n) is 4.44. The van der Waals surface area contributed by atoms with Crippen LogP contribution in [0.25, 0.3) is 10.2 Å². The van der Waals surface area contributed by atoms with E-state index in [4.69, 9.17) is 4.74 Å². The van der Waals surface area contributed by atoms with E-state index in [2.05, 4.69) is 20.9 Å². The van der Waals surface area contributed by atoms with Gasteiger partial charge in [-0.05, 0) is 25.1 Å². The number of ether oxygens (including phenoxy) is 1. The summed E-state index contributed by atoms with van der Waals surface area (Å²) in [6, 6.07) is 5.74. The summed E-state index contributed by atoms with van der Waals surface area (Å²) in [4.78, 5) is 15.6. The Morgan fingerprint density at radius 3 is 3.13 bits per heavy atom. The lowest BCUT2D eigenvalue weighted by Crippen LogP contribution is -2.03. The molecule has 0 bridgehead atoms. The highest BCUT2D eigenvalue weighted by atomic mass is 79.9. The van der Waals surface area contributed by atoms with Gasteiger partial charge < -0.3 is 4.74 Å². The Morgan fingerprint density at radius 2 is 2.40 bits per heavy atom. The Hall–Kier alpha value is -0.940. The molecule has 0 amide bonds. The van der Waals surface area contributed by atoms with Crippen LogP contribution in [0.15, 0.2) is 22.7 Å². The minimum absolute atomic E-state index is 0.352. The maximum absolute atomic E-state index is 11.4. The first-order chi connectivity index (χ1) is 7.20. The summed E-state index contributed by atoms with van der Waals surface area (Å²) in [5.74, 6) is -0.352. The minimum Gasteiger partial charge on any atom is -0.461 e. The topological polar surface area (TPSA) is 39.2 Å². The third-order valence-corrected chi connectivity index (χ3v) is 3.31. The van der Waals surface area contributed by atoms with Crippen molar-refractivity contribution >= 4 is 43.5 Å². The second-order valence-corrected chi connectivity index (χ2v) is 4.80. The number of hydrogen-bond acceptors (Lipinski definition) is 4. The average molecular weight is 286 g/mol. The number of carbonyl (C=O) groups is 1. The van der Waals surface area contributed by atoms with Crippen LogP contribution >= 0.6 is 27.3 Å². The third-order valence-electron chi connectivity index (χ3n) is 1.80. The predicted molar refractivity (Wildman–Crippen MR) is 63.3 cm³/mol. The molecule has 2 aromatic rings. The summed E-state index contributed by atoms with van der Waals surface area (Å²) in [6.45, 7) is 2.15. The maximum atomic E-state index is 11.4. The molecule has 2 rings (SSSR count). The van der Waals surface area contributed by atoms with E-state index in [9.17, 15) is 4.79 Å². The number of nitrogens with zero attached hydrogens (tertiary/aromatic N) is 1. The van der Waals surface area contributed by atoms with E-state index < -0.39 is 0 Å². The maximum Gasteiger partial charge on any atom is 0.367 e. The molecule has 1 aromatic heterocycles. The number of esters is 1. The predicted octanol–water partition coefficient (Wildman–Crippen LogP) is 3.24. The number of benzene rings is 1. The summed E-state index contributed by atoms with van der Waals surface area (Å²) >= 11 is 4.71. The molecular formula is C10H8BrNO2S. The van der Waals surface area contributed by atoms with Crippen molar-refractivity contribution in [2.24, 2.45) is 0 Å². The van der Waals surface area contributed by atoms with Crippen molar-refractivity contribution in [3.05, 3.63) is 27.7 Å². The Labute approximate surface area is 99.2 Å². The highest BCUT2D eigenvalue weighted by molar-refractivity contribution is 9.10. The van der Waals surface area contributed by atoms with Crippen molar-refractivity contribution in [3.63, 3.8) is 0 Å². The molecule has 0 fully saturated rings. The van der Waals surface area contributed by atoms with Crippen LogP contribution in [0.4, 0.5) is 0 Å². The second kappa shape index (κ2) is 4.28. The zero-order valence-electron chi connectivity index (χ0n) is 7.99. The van der Waals surface area contributed by atoms with Crippen LogP contribution in [0, 0.1) is 0 Å². The van der Waals surface area contributed by atoms with Gasteiger partial charge in [-0.2, -0.15) is 0 Å². The summed E-state index contributed by atoms with van der Waals surface area (Å²) in [6.07, 6.45) is 0. The summed E-state index contributed by atoms with van der Waals surface area (Å²) < 4.78 is 6.83. The molecule has 0 aliphatic heterocycles. The van der Waals surface area contributed by atoms with E-state index in [0.717, 1.165) is 14.7 Å². The van der Waals surface area contributed by atoms with Crippen molar-refractivity contribution < 1.29 is 9.53 Å². The van der Waals surface area contributed by atoms with Gasteiger partial charge in [0.25, 0.3) is 0 Å². The fourth-order valence-corrected chi connectivity index (χ4v) is 2.37. The number of fused-ring (bicyclic) bond motifs is 1. The van der Waals surface area contributed by atoms with Gasteiger partial charge in [-0.25, -0.2) is 9.78 Å². The van der Waals surface area contributed by atoms with Gasteiger partial charge in [-0.1, -0.05) is 15.9 Å². The molecule has 0 aliphatic rings. The molecule has 0 saturated heterocycles. The van der Waals surface area contributed by atoms with Gasteiger partial charge >= 0.3 is 5.97 Å². The summed E-state index contributed by atoms with van der Waals surface area (Å²) in [5.41, 5.74) is 0.817. The van der Waals surface area contributed by atoms with Gasteiger partial charge in [0.1, 0.15) is 0 Å². The van der Waals surface area contributed by atoms with Crippen molar-refractivity contribution in [1.82, 2.24) is 4.98 Å². The van der Waals surface area contributed by atoms with E-state index >= 15 is 0 Å². The monoisotopic (exact) mass is 285 g/mol. The van der Waals surface area contributed by atoms with Crippen LogP contribution in [-0.2, 0) is 4.74 Å². The fourth-order valence-electron chi connectivity index (χ4n) is 1.18. The minimum atomic E-state index is -0.352. The Bertz CT molecular complexity index is 509. The fraction of sp³-hybridized carbons (Fsp3) is 0.200. The second-order valence-electron chi connectivity index (χ2n) is 2.85. The molecule has 5 heteroatoms. The molecular weight excluding hydrogens is 278 g/mol. The Morgan fingerprint density at radius 1 is 1.60 bits per heavy atom. The smallest absolute Gasteiger partial charge is 0.367 e. The van der Waals surface area contributed by atoms with Crippen molar-refractivity contribution in [1.29, 1.82) is 0 Å². The van der Waals surface area contributed by atoms with Crippen molar-refractivity contribution in [2.45, 2.75) is 6.92 Å². The highest BCUT2D eigenvalue weighted by Crippen LogP contribution is 2.25. The molecule has 15 heavy (non-hydrogen) atoms. The van der Waals surface area contributed by atoms with Crippen LogP contribution in [0.1, 0.15) is 16.7 Å². The van der Waals surface area contributed by atoms with E-state index in [1.165, 1.54) is 11.3 Å². The van der Waals surface area contributed by atoms with Gasteiger partial charge in [-0.15, -0.1) is 11.3 Å². The normalized spacial score (nSPS) is 10.5. The Balaban J connectivity index is 2.42.